The van der Waals surface area contributed by atoms with Gasteiger partial charge >= 0.3 is 0 Å². The molecule has 0 spiro atoms. The molecule has 0 saturated heterocycles. The highest BCUT2D eigenvalue weighted by atomic mass is 79.9. The van der Waals surface area contributed by atoms with E-state index in [0.29, 0.717) is 0 Å². The molecule has 6 aromatic heterocycles. The third-order valence-corrected chi connectivity index (χ3v) is 22.5. The molecule has 0 bridgehead atoms. The van der Waals surface area contributed by atoms with Gasteiger partial charge in [0.05, 0.1) is 67.3 Å². The minimum absolute atomic E-state index is 0.721. The van der Waals surface area contributed by atoms with Gasteiger partial charge in [-0.2, -0.15) is 0 Å². The predicted octanol–water partition coefficient (Wildman–Crippen LogP) is 29.2. The Labute approximate surface area is 685 Å². The van der Waals surface area contributed by atoms with Crippen molar-refractivity contribution in [3.8, 4) is 118 Å². The number of pyridine rings is 2. The van der Waals surface area contributed by atoms with Crippen LogP contribution in [0.5, 0.6) is 0 Å². The lowest BCUT2D eigenvalue weighted by atomic mass is 10.00. The summed E-state index contributed by atoms with van der Waals surface area (Å²) in [6, 6.07) is 144. The molecule has 0 fully saturated rings. The van der Waals surface area contributed by atoms with Crippen molar-refractivity contribution < 1.29 is 0 Å². The van der Waals surface area contributed by atoms with Crippen LogP contribution in [0, 0.1) is 0 Å². The van der Waals surface area contributed by atoms with Gasteiger partial charge in [0, 0.05) is 102 Å². The molecule has 6 heterocycles. The first kappa shape index (κ1) is 70.9. The highest BCUT2D eigenvalue weighted by Gasteiger charge is 2.19. The summed E-state index contributed by atoms with van der Waals surface area (Å²) < 4.78 is 10.3. The van der Waals surface area contributed by atoms with Gasteiger partial charge in [0.15, 0.2) is 5.82 Å². The molecular formula is C104H68Br3N7. The summed E-state index contributed by atoms with van der Waals surface area (Å²) in [5, 5.41) is 7.45. The highest BCUT2D eigenvalue weighted by molar-refractivity contribution is 9.11. The number of fused-ring (bicyclic) bond motifs is 9. The van der Waals surface area contributed by atoms with E-state index in [1.165, 1.54) is 71.0 Å². The molecule has 0 N–H and O–H groups in total. The minimum Gasteiger partial charge on any atom is -0.309 e. The van der Waals surface area contributed by atoms with E-state index in [1.807, 2.05) is 54.6 Å². The van der Waals surface area contributed by atoms with Gasteiger partial charge in [0.25, 0.3) is 0 Å². The third-order valence-electron chi connectivity index (χ3n) is 21.0. The summed E-state index contributed by atoms with van der Waals surface area (Å²) in [5.74, 6) is 0.721. The molecule has 0 amide bonds. The second kappa shape index (κ2) is 31.4. The van der Waals surface area contributed by atoms with Crippen LogP contribution in [0.3, 0.4) is 0 Å². The van der Waals surface area contributed by atoms with Crippen LogP contribution in [0.4, 0.5) is 0 Å². The predicted molar refractivity (Wildman–Crippen MR) is 486 cm³/mol. The maximum absolute atomic E-state index is 5.09. The fourth-order valence-corrected chi connectivity index (χ4v) is 16.6. The first-order valence-corrected chi connectivity index (χ1v) is 40.3. The van der Waals surface area contributed by atoms with Gasteiger partial charge in [0.2, 0.25) is 0 Å². The van der Waals surface area contributed by atoms with E-state index < -0.39 is 0 Å². The number of halogens is 3. The van der Waals surface area contributed by atoms with E-state index in [1.54, 1.807) is 0 Å². The lowest BCUT2D eigenvalue weighted by Crippen LogP contribution is -1.97. The van der Waals surface area contributed by atoms with Crippen LogP contribution < -0.4 is 0 Å². The fraction of sp³-hybridized carbons (Fsp3) is 0. The topological polar surface area (TPSA) is 66.3 Å². The van der Waals surface area contributed by atoms with Crippen molar-refractivity contribution in [3.63, 3.8) is 0 Å². The summed E-state index contributed by atoms with van der Waals surface area (Å²) >= 11 is 10.9. The largest absolute Gasteiger partial charge is 0.309 e. The Morgan fingerprint density at radius 2 is 0.386 bits per heavy atom. The van der Waals surface area contributed by atoms with Crippen molar-refractivity contribution >= 4 is 113 Å². The van der Waals surface area contributed by atoms with Crippen LogP contribution in [-0.4, -0.2) is 33.6 Å². The van der Waals surface area contributed by atoms with Crippen molar-refractivity contribution in [1.82, 2.24) is 33.6 Å². The summed E-state index contributed by atoms with van der Waals surface area (Å²) in [5.41, 5.74) is 28.4. The lowest BCUT2D eigenvalue weighted by Gasteiger charge is -2.12. The average molecular weight is 1660 g/mol. The number of hydrogen-bond donors (Lipinski definition) is 0. The maximum Gasteiger partial charge on any atom is 0.160 e. The molecule has 15 aromatic carbocycles. The van der Waals surface area contributed by atoms with E-state index in [4.69, 9.17) is 19.9 Å². The van der Waals surface area contributed by atoms with E-state index in [-0.39, 0.29) is 0 Å². The first-order chi connectivity index (χ1) is 56.2. The molecular weight excluding hydrogens is 1590 g/mol. The van der Waals surface area contributed by atoms with Crippen molar-refractivity contribution in [1.29, 1.82) is 0 Å². The molecule has 0 unspecified atom stereocenters. The molecule has 114 heavy (non-hydrogen) atoms. The number of para-hydroxylation sites is 3. The van der Waals surface area contributed by atoms with Gasteiger partial charge in [0.1, 0.15) is 0 Å². The summed E-state index contributed by atoms with van der Waals surface area (Å²) in [4.78, 5) is 20.0. The molecule has 21 aromatic rings. The van der Waals surface area contributed by atoms with Gasteiger partial charge in [-0.25, -0.2) is 19.9 Å². The first-order valence-electron chi connectivity index (χ1n) is 37.9. The zero-order chi connectivity index (χ0) is 76.4. The van der Waals surface area contributed by atoms with Gasteiger partial charge in [-0.05, 0) is 162 Å². The molecule has 7 nitrogen and oxygen atoms in total. The Hall–Kier alpha value is -13.5. The number of rotatable bonds is 12. The number of aromatic nitrogens is 7. The monoisotopic (exact) mass is 1650 g/mol. The normalized spacial score (nSPS) is 11.3. The Morgan fingerprint density at radius 3 is 0.693 bits per heavy atom. The second-order valence-corrected chi connectivity index (χ2v) is 30.8. The van der Waals surface area contributed by atoms with Crippen LogP contribution in [-0.2, 0) is 0 Å². The zero-order valence-electron chi connectivity index (χ0n) is 61.5. The molecule has 21 rings (SSSR count). The summed E-state index contributed by atoms with van der Waals surface area (Å²) in [6.07, 6.45) is 0. The molecule has 0 aliphatic heterocycles. The molecule has 10 heteroatoms. The van der Waals surface area contributed by atoms with Crippen LogP contribution >= 0.6 is 47.8 Å². The zero-order valence-corrected chi connectivity index (χ0v) is 66.3. The van der Waals surface area contributed by atoms with Crippen molar-refractivity contribution in [2.75, 3.05) is 0 Å². The van der Waals surface area contributed by atoms with Gasteiger partial charge in [-0.1, -0.05) is 321 Å². The molecule has 0 radical (unpaired) electrons. The van der Waals surface area contributed by atoms with E-state index in [2.05, 4.69) is 419 Å². The Morgan fingerprint density at radius 1 is 0.158 bits per heavy atom. The van der Waals surface area contributed by atoms with Gasteiger partial charge in [-0.3, -0.25) is 0 Å². The SMILES string of the molecule is Brc1ccc2c(c1)c1ccccc1n2-c1ccc(-c2cc(-c3ccccc3)cc(-c3ccccc3)n2)cc1.Brc1ccc2c(c1)c1ccccc1n2-c1ccc(-c2cc(-c3ccccc3)nc(-c3ccccc3)c2)cc1.Brc1ccc2c(c1)c1ccccc1n2-c1ccc(-c2cc(-c3ccccc3)nc(-c3ccccc3)n2)cc1. The highest BCUT2D eigenvalue weighted by Crippen LogP contribution is 2.41. The average Bonchev–Trinajstić information content (AvgIpc) is 1.59. The van der Waals surface area contributed by atoms with Gasteiger partial charge < -0.3 is 13.7 Å². The van der Waals surface area contributed by atoms with Crippen LogP contribution in [0.1, 0.15) is 0 Å². The molecule has 0 atom stereocenters. The Balaban J connectivity index is 0.000000115. The molecule has 0 aliphatic rings. The van der Waals surface area contributed by atoms with E-state index in [0.717, 1.165) is 126 Å². The standard InChI is InChI=1S/2C35H23BrN2.C34H22BrN3/c36-28-17-20-35-31(23-28)30-13-7-8-14-34(30)38(35)29-18-15-24(16-19-29)27-21-32(25-9-3-1-4-10-25)37-33(22-27)26-11-5-2-6-12-26;36-28-17-20-35-31(23-28)30-13-7-8-14-34(30)38(35)29-18-15-26(16-19-29)33-22-27(24-9-3-1-4-10-24)21-32(37-33)25-11-5-2-6-12-25;35-26-17-20-33-29(21-26)28-13-7-8-14-32(28)38(33)27-18-15-24(16-19-27)31-22-30(23-9-3-1-4-10-23)36-34(37-31)25-11-5-2-6-12-25/h2*1-23H;1-22H. The second-order valence-electron chi connectivity index (χ2n) is 28.1. The lowest BCUT2D eigenvalue weighted by molar-refractivity contribution is 1.17. The van der Waals surface area contributed by atoms with E-state index >= 15 is 0 Å². The van der Waals surface area contributed by atoms with Crippen molar-refractivity contribution in [2.45, 2.75) is 0 Å². The molecule has 0 aliphatic carbocycles. The van der Waals surface area contributed by atoms with Crippen LogP contribution in [0.2, 0.25) is 0 Å². The van der Waals surface area contributed by atoms with Gasteiger partial charge in [-0.15, -0.1) is 0 Å². The van der Waals surface area contributed by atoms with E-state index in [9.17, 15) is 0 Å². The molecule has 0 saturated carbocycles. The maximum atomic E-state index is 5.09. The number of nitrogens with zero attached hydrogens (tertiary/aromatic N) is 7. The fourth-order valence-electron chi connectivity index (χ4n) is 15.5. The van der Waals surface area contributed by atoms with Crippen LogP contribution in [0.15, 0.2) is 426 Å². The van der Waals surface area contributed by atoms with Crippen molar-refractivity contribution in [3.05, 3.63) is 426 Å². The Kier molecular flexibility index (Phi) is 19.5. The summed E-state index contributed by atoms with van der Waals surface area (Å²) in [7, 11) is 0. The number of benzene rings is 15. The third kappa shape index (κ3) is 14.2. The summed E-state index contributed by atoms with van der Waals surface area (Å²) in [6.45, 7) is 0. The van der Waals surface area contributed by atoms with Crippen molar-refractivity contribution in [2.24, 2.45) is 0 Å². The Bertz CT molecular complexity index is 6220. The quantitative estimate of drug-likeness (QED) is 0.122. The molecule has 540 valence electrons. The number of hydrogen-bond acceptors (Lipinski definition) is 4. The minimum atomic E-state index is 0.721. The van der Waals surface area contributed by atoms with Crippen LogP contribution in [0.25, 0.3) is 184 Å². The smallest absolute Gasteiger partial charge is 0.160 e.